The molecule has 2 aromatic heterocycles. The molecule has 144 valence electrons. The number of thiophene rings is 1. The molecule has 1 aliphatic heterocycles. The molecule has 0 amide bonds. The number of carbonyl (C=O) groups is 1. The van der Waals surface area contributed by atoms with E-state index in [9.17, 15) is 4.79 Å². The molecule has 0 radical (unpaired) electrons. The van der Waals surface area contributed by atoms with Gasteiger partial charge in [0.15, 0.2) is 5.82 Å². The van der Waals surface area contributed by atoms with Crippen LogP contribution in [0.25, 0.3) is 5.00 Å². The predicted molar refractivity (Wildman–Crippen MR) is 110 cm³/mol. The van der Waals surface area contributed by atoms with Gasteiger partial charge in [-0.25, -0.2) is 0 Å². The smallest absolute Gasteiger partial charge is 0.305 e. The van der Waals surface area contributed by atoms with E-state index in [4.69, 9.17) is 21.3 Å². The van der Waals surface area contributed by atoms with E-state index in [1.54, 1.807) is 11.3 Å². The number of aryl methyl sites for hydroxylation is 2. The quantitative estimate of drug-likeness (QED) is 0.596. The fraction of sp³-hybridized carbons (Fsp3) is 0.300. The van der Waals surface area contributed by atoms with Crippen LogP contribution in [0.1, 0.15) is 47.0 Å². The predicted octanol–water partition coefficient (Wildman–Crippen LogP) is 4.31. The third-order valence-corrected chi connectivity index (χ3v) is 6.21. The van der Waals surface area contributed by atoms with Crippen molar-refractivity contribution >= 4 is 34.6 Å². The molecule has 0 saturated carbocycles. The van der Waals surface area contributed by atoms with Crippen LogP contribution < -0.4 is 0 Å². The van der Waals surface area contributed by atoms with Gasteiger partial charge >= 0.3 is 5.97 Å². The van der Waals surface area contributed by atoms with Crippen molar-refractivity contribution in [2.24, 2.45) is 4.99 Å². The molecule has 0 aliphatic carbocycles. The maximum Gasteiger partial charge on any atom is 0.305 e. The number of esters is 1. The Morgan fingerprint density at radius 1 is 1.29 bits per heavy atom. The fourth-order valence-corrected chi connectivity index (χ4v) is 4.74. The molecule has 1 atom stereocenters. The van der Waals surface area contributed by atoms with E-state index in [-0.39, 0.29) is 12.0 Å². The van der Waals surface area contributed by atoms with Crippen molar-refractivity contribution < 1.29 is 9.53 Å². The summed E-state index contributed by atoms with van der Waals surface area (Å²) in [6, 6.07) is 9.63. The number of halogens is 1. The average Bonchev–Trinajstić information content (AvgIpc) is 3.25. The number of aliphatic imine (C=N–C) groups is 1. The molecular formula is C20H19ClN4O2S. The van der Waals surface area contributed by atoms with Gasteiger partial charge in [0.05, 0.1) is 19.2 Å². The van der Waals surface area contributed by atoms with Gasteiger partial charge in [-0.2, -0.15) is 0 Å². The molecule has 0 bridgehead atoms. The van der Waals surface area contributed by atoms with Crippen molar-refractivity contribution in [2.45, 2.75) is 32.7 Å². The molecule has 0 saturated heterocycles. The number of aromatic nitrogens is 3. The highest BCUT2D eigenvalue weighted by atomic mass is 35.5. The lowest BCUT2D eigenvalue weighted by Gasteiger charge is -2.09. The van der Waals surface area contributed by atoms with E-state index >= 15 is 0 Å². The van der Waals surface area contributed by atoms with E-state index in [1.165, 1.54) is 7.11 Å². The molecular weight excluding hydrogens is 396 g/mol. The topological polar surface area (TPSA) is 69.4 Å². The number of nitrogens with zero attached hydrogens (tertiary/aromatic N) is 4. The zero-order valence-electron chi connectivity index (χ0n) is 15.8. The van der Waals surface area contributed by atoms with E-state index < -0.39 is 0 Å². The second-order valence-corrected chi connectivity index (χ2v) is 8.10. The van der Waals surface area contributed by atoms with Gasteiger partial charge in [0, 0.05) is 21.0 Å². The maximum atomic E-state index is 11.6. The lowest BCUT2D eigenvalue weighted by molar-refractivity contribution is -0.140. The highest BCUT2D eigenvalue weighted by Crippen LogP contribution is 2.37. The van der Waals surface area contributed by atoms with Gasteiger partial charge in [0.1, 0.15) is 16.9 Å². The summed E-state index contributed by atoms with van der Waals surface area (Å²) in [7, 11) is 1.41. The van der Waals surface area contributed by atoms with E-state index in [2.05, 4.69) is 20.8 Å². The largest absolute Gasteiger partial charge is 0.469 e. The fourth-order valence-electron chi connectivity index (χ4n) is 3.31. The molecule has 1 unspecified atom stereocenters. The summed E-state index contributed by atoms with van der Waals surface area (Å²) in [4.78, 5) is 17.6. The van der Waals surface area contributed by atoms with E-state index in [1.807, 2.05) is 38.1 Å². The average molecular weight is 415 g/mol. The summed E-state index contributed by atoms with van der Waals surface area (Å²) in [6.45, 7) is 3.94. The van der Waals surface area contributed by atoms with Crippen LogP contribution in [0.4, 0.5) is 0 Å². The minimum absolute atomic E-state index is 0.161. The third-order valence-electron chi connectivity index (χ3n) is 4.70. The Labute approximate surface area is 171 Å². The minimum atomic E-state index is -0.224. The van der Waals surface area contributed by atoms with Gasteiger partial charge in [-0.1, -0.05) is 29.8 Å². The van der Waals surface area contributed by atoms with Gasteiger partial charge in [0.2, 0.25) is 0 Å². The zero-order valence-corrected chi connectivity index (χ0v) is 17.3. The number of methoxy groups -OCH3 is 1. The zero-order chi connectivity index (χ0) is 19.8. The van der Waals surface area contributed by atoms with Gasteiger partial charge in [-0.3, -0.25) is 14.4 Å². The summed E-state index contributed by atoms with van der Waals surface area (Å²) >= 11 is 8.12. The number of benzene rings is 1. The van der Waals surface area contributed by atoms with Crippen LogP contribution in [0.2, 0.25) is 5.02 Å². The first-order valence-corrected chi connectivity index (χ1v) is 10.1. The van der Waals surface area contributed by atoms with Crippen molar-refractivity contribution in [2.75, 3.05) is 7.11 Å². The summed E-state index contributed by atoms with van der Waals surface area (Å²) in [6.07, 6.45) is 0.936. The Morgan fingerprint density at radius 2 is 2.07 bits per heavy atom. The van der Waals surface area contributed by atoms with Gasteiger partial charge in [0.25, 0.3) is 0 Å². The van der Waals surface area contributed by atoms with Crippen LogP contribution in [0.15, 0.2) is 35.3 Å². The lowest BCUT2D eigenvalue weighted by Crippen LogP contribution is -2.06. The maximum absolute atomic E-state index is 11.6. The van der Waals surface area contributed by atoms with Gasteiger partial charge < -0.3 is 4.74 Å². The summed E-state index contributed by atoms with van der Waals surface area (Å²) < 4.78 is 6.83. The standard InChI is InChI=1S/C20H19ClN4O2S/c1-11-19-24-23-12(2)25(19)20-15(10-13(28-20)8-9-17(26)27-3)18(22-11)14-6-4-5-7-16(14)21/h4-7,10-11H,8-9H2,1-3H3. The number of rotatable bonds is 4. The summed E-state index contributed by atoms with van der Waals surface area (Å²) in [5, 5.41) is 10.2. The van der Waals surface area contributed by atoms with Crippen molar-refractivity contribution in [1.29, 1.82) is 0 Å². The van der Waals surface area contributed by atoms with Gasteiger partial charge in [-0.05, 0) is 32.4 Å². The third kappa shape index (κ3) is 3.25. The number of hydrogen-bond donors (Lipinski definition) is 0. The Bertz CT molecular complexity index is 1090. The Balaban J connectivity index is 1.88. The van der Waals surface area contributed by atoms with Crippen LogP contribution >= 0.6 is 22.9 Å². The molecule has 3 heterocycles. The number of hydrogen-bond acceptors (Lipinski definition) is 6. The second-order valence-electron chi connectivity index (χ2n) is 6.58. The molecule has 1 aromatic carbocycles. The first-order chi connectivity index (χ1) is 13.5. The number of fused-ring (bicyclic) bond motifs is 3. The van der Waals surface area contributed by atoms with Crippen molar-refractivity contribution in [3.63, 3.8) is 0 Å². The van der Waals surface area contributed by atoms with Crippen LogP contribution in [0.5, 0.6) is 0 Å². The highest BCUT2D eigenvalue weighted by Gasteiger charge is 2.28. The van der Waals surface area contributed by atoms with Crippen LogP contribution in [-0.4, -0.2) is 33.6 Å². The normalized spacial score (nSPS) is 15.4. The van der Waals surface area contributed by atoms with Crippen LogP contribution in [-0.2, 0) is 16.0 Å². The van der Waals surface area contributed by atoms with Gasteiger partial charge in [-0.15, -0.1) is 21.5 Å². The highest BCUT2D eigenvalue weighted by molar-refractivity contribution is 7.15. The second kappa shape index (κ2) is 7.48. The van der Waals surface area contributed by atoms with E-state index in [0.717, 1.165) is 38.4 Å². The van der Waals surface area contributed by atoms with Crippen molar-refractivity contribution in [3.05, 3.63) is 63.0 Å². The SMILES string of the molecule is COC(=O)CCc1cc2c(s1)-n1c(C)nnc1C(C)N=C2c1ccccc1Cl. The molecule has 0 fully saturated rings. The van der Waals surface area contributed by atoms with E-state index in [0.29, 0.717) is 17.9 Å². The Hall–Kier alpha value is -2.51. The first-order valence-electron chi connectivity index (χ1n) is 8.94. The van der Waals surface area contributed by atoms with Crippen molar-refractivity contribution in [1.82, 2.24) is 14.8 Å². The number of carbonyl (C=O) groups excluding carboxylic acids is 1. The minimum Gasteiger partial charge on any atom is -0.469 e. The Morgan fingerprint density at radius 3 is 2.82 bits per heavy atom. The molecule has 0 N–H and O–H groups in total. The molecule has 6 nitrogen and oxygen atoms in total. The number of ether oxygens (including phenoxy) is 1. The molecule has 0 spiro atoms. The Kier molecular flexibility index (Phi) is 5.03. The molecule has 28 heavy (non-hydrogen) atoms. The van der Waals surface area contributed by atoms with Crippen LogP contribution in [0, 0.1) is 6.92 Å². The molecule has 8 heteroatoms. The van der Waals surface area contributed by atoms with Crippen LogP contribution in [0.3, 0.4) is 0 Å². The summed E-state index contributed by atoms with van der Waals surface area (Å²) in [5.41, 5.74) is 2.69. The van der Waals surface area contributed by atoms with Crippen molar-refractivity contribution in [3.8, 4) is 5.00 Å². The first kappa shape index (κ1) is 18.8. The lowest BCUT2D eigenvalue weighted by atomic mass is 10.0. The monoisotopic (exact) mass is 414 g/mol. The summed E-state index contributed by atoms with van der Waals surface area (Å²) in [5.74, 6) is 1.38. The molecule has 3 aromatic rings. The molecule has 4 rings (SSSR count). The molecule has 1 aliphatic rings.